The number of nitrogens with one attached hydrogen (secondary N) is 2. The normalized spacial score (nSPS) is 12.0. The highest BCUT2D eigenvalue weighted by atomic mass is 32.2. The van der Waals surface area contributed by atoms with E-state index in [1.807, 2.05) is 31.0 Å². The van der Waals surface area contributed by atoms with E-state index in [1.54, 1.807) is 30.3 Å². The van der Waals surface area contributed by atoms with Crippen molar-refractivity contribution in [1.29, 1.82) is 0 Å². The van der Waals surface area contributed by atoms with Gasteiger partial charge in [-0.25, -0.2) is 13.1 Å². The van der Waals surface area contributed by atoms with Gasteiger partial charge in [-0.1, -0.05) is 42.5 Å². The van der Waals surface area contributed by atoms with Gasteiger partial charge in [-0.3, -0.25) is 4.99 Å². The van der Waals surface area contributed by atoms with E-state index in [2.05, 4.69) is 34.1 Å². The zero-order chi connectivity index (χ0) is 19.7. The maximum Gasteiger partial charge on any atom is 0.240 e. The Balaban J connectivity index is 1.96. The average Bonchev–Trinajstić information content (AvgIpc) is 2.66. The fourth-order valence-corrected chi connectivity index (χ4v) is 3.65. The molecule has 0 aliphatic carbocycles. The van der Waals surface area contributed by atoms with Gasteiger partial charge in [0.1, 0.15) is 0 Å². The lowest BCUT2D eigenvalue weighted by Gasteiger charge is -2.23. The summed E-state index contributed by atoms with van der Waals surface area (Å²) in [5.74, 6) is 0.750. The van der Waals surface area contributed by atoms with E-state index in [-0.39, 0.29) is 11.4 Å². The van der Waals surface area contributed by atoms with Crippen molar-refractivity contribution in [1.82, 2.24) is 14.9 Å². The third-order valence-electron chi connectivity index (χ3n) is 4.08. The Morgan fingerprint density at radius 3 is 2.41 bits per heavy atom. The van der Waals surface area contributed by atoms with Crippen LogP contribution in [0.25, 0.3) is 0 Å². The Bertz CT molecular complexity index is 851. The van der Waals surface area contributed by atoms with Gasteiger partial charge in [0.2, 0.25) is 10.0 Å². The Morgan fingerprint density at radius 1 is 1.07 bits per heavy atom. The topological polar surface area (TPSA) is 73.8 Å². The predicted octanol–water partition coefficient (Wildman–Crippen LogP) is 2.37. The van der Waals surface area contributed by atoms with Crippen molar-refractivity contribution in [2.75, 3.05) is 26.7 Å². The molecule has 0 unspecified atom stereocenters. The molecular weight excluding hydrogens is 360 g/mol. The van der Waals surface area contributed by atoms with Crippen LogP contribution in [0.3, 0.4) is 0 Å². The molecule has 27 heavy (non-hydrogen) atoms. The number of hydrogen-bond donors (Lipinski definition) is 2. The smallest absolute Gasteiger partial charge is 0.240 e. The third-order valence-corrected chi connectivity index (χ3v) is 5.56. The second-order valence-corrected chi connectivity index (χ2v) is 8.00. The van der Waals surface area contributed by atoms with Gasteiger partial charge in [-0.05, 0) is 37.1 Å². The van der Waals surface area contributed by atoms with Gasteiger partial charge >= 0.3 is 0 Å². The molecule has 2 rings (SSSR count). The van der Waals surface area contributed by atoms with E-state index >= 15 is 0 Å². The molecule has 2 aromatic rings. The monoisotopic (exact) mass is 388 g/mol. The van der Waals surface area contributed by atoms with Gasteiger partial charge in [-0.2, -0.15) is 0 Å². The number of rotatable bonds is 8. The molecule has 7 heteroatoms. The van der Waals surface area contributed by atoms with Gasteiger partial charge in [0.15, 0.2) is 5.96 Å². The zero-order valence-electron chi connectivity index (χ0n) is 16.1. The summed E-state index contributed by atoms with van der Waals surface area (Å²) >= 11 is 0. The highest BCUT2D eigenvalue weighted by molar-refractivity contribution is 7.89. The summed E-state index contributed by atoms with van der Waals surface area (Å²) in [5, 5.41) is 3.25. The largest absolute Gasteiger partial charge is 0.357 e. The van der Waals surface area contributed by atoms with E-state index in [1.165, 1.54) is 11.1 Å². The van der Waals surface area contributed by atoms with Crippen molar-refractivity contribution in [2.45, 2.75) is 25.3 Å². The van der Waals surface area contributed by atoms with Crippen LogP contribution in [0.2, 0.25) is 0 Å². The molecule has 0 aliphatic heterocycles. The number of hydrogen-bond acceptors (Lipinski definition) is 3. The molecule has 0 saturated heterocycles. The standard InChI is InChI=1S/C20H28N4O2S/c1-4-21-20(24(3)16-18-11-9-8-10-17(18)2)22-14-15-23-27(25,26)19-12-6-5-7-13-19/h5-13,23H,4,14-16H2,1-3H3,(H,21,22). The van der Waals surface area contributed by atoms with Crippen LogP contribution in [0.1, 0.15) is 18.1 Å². The number of benzene rings is 2. The van der Waals surface area contributed by atoms with Crippen LogP contribution in [0.4, 0.5) is 0 Å². The van der Waals surface area contributed by atoms with Crippen molar-refractivity contribution in [3.63, 3.8) is 0 Å². The van der Waals surface area contributed by atoms with E-state index in [0.717, 1.165) is 19.0 Å². The lowest BCUT2D eigenvalue weighted by molar-refractivity contribution is 0.475. The van der Waals surface area contributed by atoms with Crippen molar-refractivity contribution in [2.24, 2.45) is 4.99 Å². The second-order valence-electron chi connectivity index (χ2n) is 6.23. The molecular formula is C20H28N4O2S. The molecule has 2 N–H and O–H groups in total. The number of aryl methyl sites for hydroxylation is 1. The summed E-state index contributed by atoms with van der Waals surface area (Å²) in [6.45, 7) is 6.17. The van der Waals surface area contributed by atoms with E-state index in [9.17, 15) is 8.42 Å². The molecule has 0 bridgehead atoms. The fraction of sp³-hybridized carbons (Fsp3) is 0.350. The highest BCUT2D eigenvalue weighted by Gasteiger charge is 2.12. The Hall–Kier alpha value is -2.38. The van der Waals surface area contributed by atoms with Crippen molar-refractivity contribution < 1.29 is 8.42 Å². The minimum absolute atomic E-state index is 0.240. The van der Waals surface area contributed by atoms with Gasteiger partial charge in [0.25, 0.3) is 0 Å². The molecule has 0 aromatic heterocycles. The first kappa shape index (κ1) is 20.9. The van der Waals surface area contributed by atoms with Crippen molar-refractivity contribution in [3.8, 4) is 0 Å². The number of aliphatic imine (C=N–C) groups is 1. The lowest BCUT2D eigenvalue weighted by Crippen LogP contribution is -2.39. The van der Waals surface area contributed by atoms with Crippen LogP contribution in [-0.2, 0) is 16.6 Å². The summed E-state index contributed by atoms with van der Waals surface area (Å²) in [6.07, 6.45) is 0. The maximum absolute atomic E-state index is 12.2. The van der Waals surface area contributed by atoms with E-state index in [4.69, 9.17) is 0 Å². The fourth-order valence-electron chi connectivity index (χ4n) is 2.61. The maximum atomic E-state index is 12.2. The first-order valence-corrected chi connectivity index (χ1v) is 10.5. The molecule has 0 heterocycles. The molecule has 0 radical (unpaired) electrons. The predicted molar refractivity (Wildman–Crippen MR) is 110 cm³/mol. The van der Waals surface area contributed by atoms with Gasteiger partial charge in [0, 0.05) is 26.7 Å². The first-order chi connectivity index (χ1) is 12.9. The SMILES string of the molecule is CCNC(=NCCNS(=O)(=O)c1ccccc1)N(C)Cc1ccccc1C. The Labute approximate surface area is 162 Å². The summed E-state index contributed by atoms with van der Waals surface area (Å²) in [5.41, 5.74) is 2.46. The zero-order valence-corrected chi connectivity index (χ0v) is 17.0. The first-order valence-electron chi connectivity index (χ1n) is 9.02. The molecule has 2 aromatic carbocycles. The average molecular weight is 389 g/mol. The summed E-state index contributed by atoms with van der Waals surface area (Å²) in [4.78, 5) is 6.84. The van der Waals surface area contributed by atoms with E-state index < -0.39 is 10.0 Å². The number of guanidine groups is 1. The molecule has 6 nitrogen and oxygen atoms in total. The van der Waals surface area contributed by atoms with Crippen molar-refractivity contribution in [3.05, 3.63) is 65.7 Å². The lowest BCUT2D eigenvalue weighted by atomic mass is 10.1. The van der Waals surface area contributed by atoms with Crippen LogP contribution >= 0.6 is 0 Å². The quantitative estimate of drug-likeness (QED) is 0.414. The summed E-state index contributed by atoms with van der Waals surface area (Å²) < 4.78 is 27.0. The van der Waals surface area contributed by atoms with Gasteiger partial charge in [-0.15, -0.1) is 0 Å². The third kappa shape index (κ3) is 6.37. The van der Waals surface area contributed by atoms with Crippen LogP contribution in [0, 0.1) is 6.92 Å². The summed E-state index contributed by atoms with van der Waals surface area (Å²) in [7, 11) is -1.52. The van der Waals surface area contributed by atoms with Crippen LogP contribution in [-0.4, -0.2) is 46.0 Å². The minimum Gasteiger partial charge on any atom is -0.357 e. The molecule has 0 saturated carbocycles. The molecule has 0 aliphatic rings. The van der Waals surface area contributed by atoms with E-state index in [0.29, 0.717) is 6.54 Å². The molecule has 0 spiro atoms. The molecule has 146 valence electrons. The summed E-state index contributed by atoms with van der Waals surface area (Å²) in [6, 6.07) is 16.6. The highest BCUT2D eigenvalue weighted by Crippen LogP contribution is 2.10. The van der Waals surface area contributed by atoms with Gasteiger partial charge in [0.05, 0.1) is 11.4 Å². The molecule has 0 atom stereocenters. The van der Waals surface area contributed by atoms with Gasteiger partial charge < -0.3 is 10.2 Å². The van der Waals surface area contributed by atoms with Crippen molar-refractivity contribution >= 4 is 16.0 Å². The Morgan fingerprint density at radius 2 is 1.74 bits per heavy atom. The minimum atomic E-state index is -3.50. The van der Waals surface area contributed by atoms with Crippen LogP contribution < -0.4 is 10.0 Å². The Kier molecular flexibility index (Phi) is 7.82. The molecule has 0 amide bonds. The van der Waals surface area contributed by atoms with Crippen LogP contribution in [0.5, 0.6) is 0 Å². The molecule has 0 fully saturated rings. The second kappa shape index (κ2) is 10.1. The number of nitrogens with zero attached hydrogens (tertiary/aromatic N) is 2. The van der Waals surface area contributed by atoms with Crippen LogP contribution in [0.15, 0.2) is 64.5 Å². The number of sulfonamides is 1.